The third-order valence-electron chi connectivity index (χ3n) is 8.90. The predicted octanol–water partition coefficient (Wildman–Crippen LogP) is 12.0. The Hall–Kier alpha value is -4.93. The second-order valence-electron chi connectivity index (χ2n) is 13.7. The van der Waals surface area contributed by atoms with Crippen LogP contribution in [-0.4, -0.2) is 18.0 Å². The van der Waals surface area contributed by atoms with Crippen LogP contribution in [0.5, 0.6) is 0 Å². The Labute approximate surface area is 317 Å². The van der Waals surface area contributed by atoms with Crippen LogP contribution in [0.1, 0.15) is 26.7 Å². The molecule has 0 bridgehead atoms. The topological polar surface area (TPSA) is 38.9 Å². The molecule has 0 aliphatic heterocycles. The zero-order valence-electron chi connectivity index (χ0n) is 30.5. The smallest absolute Gasteiger partial charge is 0.121 e. The van der Waals surface area contributed by atoms with E-state index in [1.807, 2.05) is 86.9 Å². The van der Waals surface area contributed by atoms with E-state index in [0.717, 1.165) is 66.7 Å². The Bertz CT molecular complexity index is 2430. The van der Waals surface area contributed by atoms with Crippen molar-refractivity contribution in [2.75, 3.05) is 0 Å². The van der Waals surface area contributed by atoms with Gasteiger partial charge in [0, 0.05) is 39.3 Å². The van der Waals surface area contributed by atoms with Gasteiger partial charge in [-0.2, -0.15) is 0 Å². The first-order valence-electron chi connectivity index (χ1n) is 17.5. The number of hydrogen-bond donors (Lipinski definition) is 0. The molecule has 0 aliphatic carbocycles. The van der Waals surface area contributed by atoms with Crippen LogP contribution in [0.25, 0.3) is 66.7 Å². The van der Waals surface area contributed by atoms with Crippen LogP contribution in [0.15, 0.2) is 150 Å². The van der Waals surface area contributed by atoms with Gasteiger partial charge in [-0.25, -0.2) is 0 Å². The Morgan fingerprint density at radius 2 is 1.33 bits per heavy atom. The fourth-order valence-electron chi connectivity index (χ4n) is 6.29. The van der Waals surface area contributed by atoms with E-state index in [1.165, 1.54) is 10.8 Å². The summed E-state index contributed by atoms with van der Waals surface area (Å²) in [5.41, 5.74) is 11.0. The van der Waals surface area contributed by atoms with Crippen LogP contribution >= 0.6 is 0 Å². The van der Waals surface area contributed by atoms with Gasteiger partial charge in [0.1, 0.15) is 5.58 Å². The SMILES string of the molecule is [2H]C(C)(C)c1cc(-c2[c-]cccc2)ncc1[Si](C)(C)C.[Ir].[c-]1ccc2c(oc3cc(-c4ccccc4)ccc32)c1-c1cc(-c2ccccc2)ccn1. The fourth-order valence-corrected chi connectivity index (χ4v) is 7.87. The molecule has 0 unspecified atom stereocenters. The molecule has 51 heavy (non-hydrogen) atoms. The quantitative estimate of drug-likeness (QED) is 0.124. The van der Waals surface area contributed by atoms with Gasteiger partial charge in [0.05, 0.1) is 13.7 Å². The minimum atomic E-state index is -1.50. The van der Waals surface area contributed by atoms with Crippen molar-refractivity contribution in [3.05, 3.63) is 164 Å². The zero-order valence-corrected chi connectivity index (χ0v) is 32.9. The predicted molar refractivity (Wildman–Crippen MR) is 212 cm³/mol. The summed E-state index contributed by atoms with van der Waals surface area (Å²) >= 11 is 0. The minimum Gasteiger partial charge on any atom is -0.501 e. The molecule has 0 atom stereocenters. The summed E-state index contributed by atoms with van der Waals surface area (Å²) in [7, 11) is -1.50. The van der Waals surface area contributed by atoms with E-state index in [9.17, 15) is 0 Å². The molecule has 0 fully saturated rings. The monoisotopic (exact) mass is 858 g/mol. The van der Waals surface area contributed by atoms with Gasteiger partial charge in [0.15, 0.2) is 0 Å². The molecular formula is C46H40IrN2OSi-2. The number of nitrogens with zero attached hydrogens (tertiary/aromatic N) is 2. The summed E-state index contributed by atoms with van der Waals surface area (Å²) < 4.78 is 14.8. The molecule has 5 heteroatoms. The average molecular weight is 858 g/mol. The molecule has 5 aromatic carbocycles. The van der Waals surface area contributed by atoms with E-state index in [4.69, 9.17) is 5.79 Å². The van der Waals surface area contributed by atoms with Crippen molar-refractivity contribution in [1.29, 1.82) is 0 Å². The number of hydrogen-bond acceptors (Lipinski definition) is 3. The second kappa shape index (κ2) is 15.5. The molecule has 0 amide bonds. The van der Waals surface area contributed by atoms with Crippen molar-refractivity contribution < 1.29 is 25.9 Å². The molecule has 3 aromatic heterocycles. The number of aromatic nitrogens is 2. The van der Waals surface area contributed by atoms with Gasteiger partial charge in [0.25, 0.3) is 0 Å². The minimum absolute atomic E-state index is 0. The van der Waals surface area contributed by atoms with Crippen LogP contribution in [0.2, 0.25) is 19.6 Å². The Balaban J connectivity index is 0.000000193. The van der Waals surface area contributed by atoms with Gasteiger partial charge in [0.2, 0.25) is 0 Å². The molecule has 0 spiro atoms. The van der Waals surface area contributed by atoms with E-state index < -0.39 is 14.0 Å². The summed E-state index contributed by atoms with van der Waals surface area (Å²) in [6.07, 6.45) is 3.83. The first kappa shape index (κ1) is 34.5. The van der Waals surface area contributed by atoms with Crippen LogP contribution in [0.3, 0.4) is 0 Å². The van der Waals surface area contributed by atoms with Crippen molar-refractivity contribution >= 4 is 35.2 Å². The number of furan rings is 1. The number of fused-ring (bicyclic) bond motifs is 3. The average Bonchev–Trinajstić information content (AvgIpc) is 3.53. The van der Waals surface area contributed by atoms with Gasteiger partial charge in [-0.1, -0.05) is 135 Å². The van der Waals surface area contributed by atoms with Crippen LogP contribution in [-0.2, 0) is 20.1 Å². The molecule has 0 N–H and O–H groups in total. The van der Waals surface area contributed by atoms with E-state index in [2.05, 4.69) is 115 Å². The molecule has 0 saturated heterocycles. The van der Waals surface area contributed by atoms with Gasteiger partial charge >= 0.3 is 0 Å². The maximum Gasteiger partial charge on any atom is 0.121 e. The van der Waals surface area contributed by atoms with Gasteiger partial charge in [-0.15, -0.1) is 54.1 Å². The summed E-state index contributed by atoms with van der Waals surface area (Å²) in [6, 6.07) is 51.7. The van der Waals surface area contributed by atoms with Gasteiger partial charge in [-0.3, -0.25) is 0 Å². The van der Waals surface area contributed by atoms with E-state index in [1.54, 1.807) is 0 Å². The van der Waals surface area contributed by atoms with Crippen LogP contribution < -0.4 is 5.19 Å². The first-order chi connectivity index (χ1) is 24.6. The molecule has 1 radical (unpaired) electrons. The van der Waals surface area contributed by atoms with Gasteiger partial charge in [-0.05, 0) is 56.9 Å². The normalized spacial score (nSPS) is 11.7. The maximum atomic E-state index is 8.44. The molecule has 0 aliphatic rings. The molecule has 3 heterocycles. The molecule has 3 nitrogen and oxygen atoms in total. The number of pyridine rings is 2. The number of rotatable bonds is 6. The fraction of sp³-hybridized carbons (Fsp3) is 0.130. The zero-order chi connectivity index (χ0) is 35.6. The second-order valence-corrected chi connectivity index (χ2v) is 18.8. The molecule has 8 rings (SSSR count). The Morgan fingerprint density at radius 3 is 1.98 bits per heavy atom. The van der Waals surface area contributed by atoms with Crippen molar-refractivity contribution in [3.63, 3.8) is 0 Å². The summed E-state index contributed by atoms with van der Waals surface area (Å²) in [4.78, 5) is 9.24. The third-order valence-corrected chi connectivity index (χ3v) is 10.9. The molecule has 255 valence electrons. The number of benzene rings is 5. The van der Waals surface area contributed by atoms with Crippen molar-refractivity contribution in [3.8, 4) is 44.8 Å². The largest absolute Gasteiger partial charge is 0.501 e. The van der Waals surface area contributed by atoms with Crippen LogP contribution in [0, 0.1) is 12.1 Å². The molecule has 8 aromatic rings. The van der Waals surface area contributed by atoms with Crippen molar-refractivity contribution in [2.24, 2.45) is 0 Å². The van der Waals surface area contributed by atoms with E-state index in [0.29, 0.717) is 0 Å². The van der Waals surface area contributed by atoms with Crippen LogP contribution in [0.4, 0.5) is 0 Å². The van der Waals surface area contributed by atoms with Crippen molar-refractivity contribution in [2.45, 2.75) is 39.4 Å². The Kier molecular flexibility index (Phi) is 10.5. The van der Waals surface area contributed by atoms with Gasteiger partial charge < -0.3 is 14.4 Å². The standard InChI is InChI=1S/C29H18NO.C17H22NSi.Ir/c1-3-8-20(9-4-1)22-14-15-24-25-12-7-13-26(29(25)31-28(24)19-22)27-18-23(16-17-30-27)21-10-5-2-6-11-21;1-13(2)15-11-16(14-9-7-6-8-10-14)18-12-17(15)19(3,4)5;/h1-12,14-19H;6-9,11-13H,1-5H3;/q2*-1;/i;13D;. The summed E-state index contributed by atoms with van der Waals surface area (Å²) in [6.45, 7) is 10.8. The van der Waals surface area contributed by atoms with E-state index >= 15 is 0 Å². The first-order valence-corrected chi connectivity index (χ1v) is 20.5. The molecular weight excluding hydrogens is 817 g/mol. The summed E-state index contributed by atoms with van der Waals surface area (Å²) in [5, 5.41) is 3.46. The molecule has 0 saturated carbocycles. The summed E-state index contributed by atoms with van der Waals surface area (Å²) in [5.74, 6) is -0.609. The van der Waals surface area contributed by atoms with E-state index in [-0.39, 0.29) is 20.1 Å². The Morgan fingerprint density at radius 1 is 0.647 bits per heavy atom. The maximum absolute atomic E-state index is 8.44. The third kappa shape index (κ3) is 7.87. The van der Waals surface area contributed by atoms with Crippen molar-refractivity contribution in [1.82, 2.24) is 9.97 Å².